The Balaban J connectivity index is 2.11. The van der Waals surface area contributed by atoms with E-state index in [-0.39, 0.29) is 6.04 Å². The van der Waals surface area contributed by atoms with Crippen molar-refractivity contribution in [1.82, 2.24) is 15.1 Å². The summed E-state index contributed by atoms with van der Waals surface area (Å²) in [6.45, 7) is 7.20. The molecule has 1 atom stereocenters. The number of aromatic nitrogens is 2. The Morgan fingerprint density at radius 2 is 2.15 bits per heavy atom. The van der Waals surface area contributed by atoms with E-state index in [1.807, 2.05) is 32.9 Å². The van der Waals surface area contributed by atoms with E-state index in [1.54, 1.807) is 4.90 Å². The van der Waals surface area contributed by atoms with Crippen LogP contribution in [0.4, 0.5) is 10.6 Å². The lowest BCUT2D eigenvalue weighted by Crippen LogP contribution is -2.52. The van der Waals surface area contributed by atoms with Crippen molar-refractivity contribution < 1.29 is 9.90 Å². The quantitative estimate of drug-likeness (QED) is 0.894. The van der Waals surface area contributed by atoms with E-state index in [9.17, 15) is 9.90 Å². The van der Waals surface area contributed by atoms with Crippen LogP contribution in [0.1, 0.15) is 27.2 Å². The minimum atomic E-state index is -0.869. The molecule has 20 heavy (non-hydrogen) atoms. The predicted octanol–water partition coefficient (Wildman–Crippen LogP) is 2.60. The molecule has 1 aromatic rings. The normalized spacial score (nSPS) is 19.2. The molecule has 0 spiro atoms. The first-order valence-electron chi connectivity index (χ1n) is 6.55. The molecule has 0 aliphatic carbocycles. The zero-order chi connectivity index (χ0) is 14.9. The maximum Gasteiger partial charge on any atom is 0.408 e. The Morgan fingerprint density at radius 3 is 2.65 bits per heavy atom. The maximum atomic E-state index is 11.5. The molecule has 1 amide bonds. The van der Waals surface area contributed by atoms with Crippen LogP contribution in [0.15, 0.2) is 16.7 Å². The van der Waals surface area contributed by atoms with Gasteiger partial charge < -0.3 is 10.0 Å². The third-order valence-corrected chi connectivity index (χ3v) is 3.82. The fourth-order valence-electron chi connectivity index (χ4n) is 2.63. The Bertz CT molecular complexity index is 486. The van der Waals surface area contributed by atoms with Crippen LogP contribution >= 0.6 is 15.9 Å². The molecule has 0 radical (unpaired) electrons. The third kappa shape index (κ3) is 3.20. The van der Waals surface area contributed by atoms with Crippen molar-refractivity contribution in [2.75, 3.05) is 18.0 Å². The topological polar surface area (TPSA) is 69.6 Å². The van der Waals surface area contributed by atoms with Crippen molar-refractivity contribution in [2.24, 2.45) is 0 Å². The number of hydrogen-bond acceptors (Lipinski definition) is 4. The van der Waals surface area contributed by atoms with Crippen molar-refractivity contribution in [3.63, 3.8) is 0 Å². The van der Waals surface area contributed by atoms with Gasteiger partial charge in [0.2, 0.25) is 0 Å². The van der Waals surface area contributed by atoms with E-state index >= 15 is 0 Å². The highest BCUT2D eigenvalue weighted by molar-refractivity contribution is 9.10. The van der Waals surface area contributed by atoms with Crippen LogP contribution in [0.2, 0.25) is 0 Å². The number of carbonyl (C=O) groups is 1. The molecule has 0 aromatic carbocycles. The van der Waals surface area contributed by atoms with Crippen molar-refractivity contribution in [2.45, 2.75) is 38.8 Å². The Kier molecular flexibility index (Phi) is 4.17. The van der Waals surface area contributed by atoms with Crippen molar-refractivity contribution in [3.05, 3.63) is 16.7 Å². The van der Waals surface area contributed by atoms with Gasteiger partial charge in [0.1, 0.15) is 4.60 Å². The zero-order valence-electron chi connectivity index (χ0n) is 11.9. The van der Waals surface area contributed by atoms with Crippen molar-refractivity contribution in [1.29, 1.82) is 0 Å². The van der Waals surface area contributed by atoms with Gasteiger partial charge >= 0.3 is 6.09 Å². The van der Waals surface area contributed by atoms with Gasteiger partial charge in [-0.05, 0) is 55.3 Å². The molecule has 1 aliphatic heterocycles. The lowest BCUT2D eigenvalue weighted by Gasteiger charge is -2.37. The Morgan fingerprint density at radius 1 is 1.45 bits per heavy atom. The fourth-order valence-corrected chi connectivity index (χ4v) is 2.84. The van der Waals surface area contributed by atoms with Crippen LogP contribution in [0.25, 0.3) is 0 Å². The number of rotatable bonds is 2. The highest BCUT2D eigenvalue weighted by atomic mass is 79.9. The lowest BCUT2D eigenvalue weighted by atomic mass is 10.0. The van der Waals surface area contributed by atoms with Gasteiger partial charge in [-0.3, -0.25) is 4.90 Å². The molecule has 1 aromatic heterocycles. The Hall–Kier alpha value is -1.37. The second kappa shape index (κ2) is 5.55. The molecular formula is C13H19BrN4O2. The summed E-state index contributed by atoms with van der Waals surface area (Å²) in [7, 11) is 0. The molecule has 2 rings (SSSR count). The molecule has 1 aliphatic rings. The summed E-state index contributed by atoms with van der Waals surface area (Å²) in [6, 6.07) is 3.72. The third-order valence-electron chi connectivity index (χ3n) is 3.40. The van der Waals surface area contributed by atoms with Gasteiger partial charge in [-0.1, -0.05) is 0 Å². The summed E-state index contributed by atoms with van der Waals surface area (Å²) >= 11 is 3.26. The molecule has 7 heteroatoms. The van der Waals surface area contributed by atoms with Gasteiger partial charge in [0.05, 0.1) is 6.04 Å². The standard InChI is InChI=1S/C13H19BrN4O2/c1-13(2,3)18(12(19)20)9-6-7-17(8-9)11-5-4-10(14)15-16-11/h4-5,9H,6-8H2,1-3H3,(H,19,20)/t9-/m0/s1. The van der Waals surface area contributed by atoms with Gasteiger partial charge in [0, 0.05) is 18.6 Å². The van der Waals surface area contributed by atoms with Gasteiger partial charge in [0.15, 0.2) is 5.82 Å². The molecule has 0 bridgehead atoms. The van der Waals surface area contributed by atoms with Crippen LogP contribution in [0, 0.1) is 0 Å². The molecule has 1 N–H and O–H groups in total. The summed E-state index contributed by atoms with van der Waals surface area (Å²) < 4.78 is 0.693. The summed E-state index contributed by atoms with van der Waals surface area (Å²) in [5.41, 5.74) is -0.405. The van der Waals surface area contributed by atoms with Crippen LogP contribution in [0.5, 0.6) is 0 Å². The highest BCUT2D eigenvalue weighted by Gasteiger charge is 2.37. The van der Waals surface area contributed by atoms with E-state index in [4.69, 9.17) is 0 Å². The zero-order valence-corrected chi connectivity index (χ0v) is 13.5. The summed E-state index contributed by atoms with van der Waals surface area (Å²) in [6.07, 6.45) is -0.0624. The largest absolute Gasteiger partial charge is 0.465 e. The number of nitrogens with zero attached hydrogens (tertiary/aromatic N) is 4. The van der Waals surface area contributed by atoms with Gasteiger partial charge in [-0.15, -0.1) is 10.2 Å². The van der Waals surface area contributed by atoms with Gasteiger partial charge in [-0.25, -0.2) is 4.79 Å². The number of amides is 1. The first kappa shape index (κ1) is 15.0. The van der Waals surface area contributed by atoms with E-state index < -0.39 is 11.6 Å². The van der Waals surface area contributed by atoms with Gasteiger partial charge in [-0.2, -0.15) is 0 Å². The second-order valence-corrected chi connectivity index (χ2v) is 6.74. The number of hydrogen-bond donors (Lipinski definition) is 1. The minimum Gasteiger partial charge on any atom is -0.465 e. The summed E-state index contributed by atoms with van der Waals surface area (Å²) in [5, 5.41) is 17.5. The molecule has 110 valence electrons. The van der Waals surface area contributed by atoms with Crippen molar-refractivity contribution in [3.8, 4) is 0 Å². The SMILES string of the molecule is CC(C)(C)N(C(=O)O)[C@H]1CCN(c2ccc(Br)nn2)C1. The number of carboxylic acid groups (broad SMARTS) is 1. The monoisotopic (exact) mass is 342 g/mol. The average molecular weight is 343 g/mol. The molecule has 1 saturated heterocycles. The van der Waals surface area contributed by atoms with E-state index in [1.165, 1.54) is 0 Å². The molecular weight excluding hydrogens is 324 g/mol. The van der Waals surface area contributed by atoms with Gasteiger partial charge in [0.25, 0.3) is 0 Å². The predicted molar refractivity (Wildman–Crippen MR) is 80.0 cm³/mol. The molecule has 2 heterocycles. The average Bonchev–Trinajstić information content (AvgIpc) is 2.76. The fraction of sp³-hybridized carbons (Fsp3) is 0.615. The van der Waals surface area contributed by atoms with E-state index in [0.29, 0.717) is 11.1 Å². The lowest BCUT2D eigenvalue weighted by molar-refractivity contribution is 0.0763. The molecule has 1 fully saturated rings. The second-order valence-electron chi connectivity index (χ2n) is 5.93. The van der Waals surface area contributed by atoms with Crippen LogP contribution in [-0.2, 0) is 0 Å². The highest BCUT2D eigenvalue weighted by Crippen LogP contribution is 2.26. The van der Waals surface area contributed by atoms with Crippen molar-refractivity contribution >= 4 is 27.8 Å². The Labute approximate surface area is 126 Å². The smallest absolute Gasteiger partial charge is 0.408 e. The first-order valence-corrected chi connectivity index (χ1v) is 7.35. The molecule has 0 saturated carbocycles. The summed E-state index contributed by atoms with van der Waals surface area (Å²) in [5.74, 6) is 0.787. The first-order chi connectivity index (χ1) is 9.29. The summed E-state index contributed by atoms with van der Waals surface area (Å²) in [4.78, 5) is 15.1. The minimum absolute atomic E-state index is 0.0158. The van der Waals surface area contributed by atoms with Crippen LogP contribution in [0.3, 0.4) is 0 Å². The molecule has 0 unspecified atom stereocenters. The van der Waals surface area contributed by atoms with Crippen LogP contribution in [-0.4, -0.2) is 51.0 Å². The molecule has 6 nitrogen and oxygen atoms in total. The van der Waals surface area contributed by atoms with Crippen LogP contribution < -0.4 is 4.90 Å². The number of halogens is 1. The number of anilines is 1. The maximum absolute atomic E-state index is 11.5. The van der Waals surface area contributed by atoms with E-state index in [2.05, 4.69) is 31.0 Å². The van der Waals surface area contributed by atoms with E-state index in [0.717, 1.165) is 18.8 Å².